The van der Waals surface area contributed by atoms with Gasteiger partial charge in [-0.3, -0.25) is 9.48 Å². The van der Waals surface area contributed by atoms with Gasteiger partial charge < -0.3 is 10.0 Å². The van der Waals surface area contributed by atoms with Crippen molar-refractivity contribution in [1.29, 1.82) is 0 Å². The first kappa shape index (κ1) is 32.1. The van der Waals surface area contributed by atoms with Crippen molar-refractivity contribution in [2.45, 2.75) is 25.3 Å². The van der Waals surface area contributed by atoms with Crippen LogP contribution in [-0.4, -0.2) is 15.9 Å². The first-order valence-electron chi connectivity index (χ1n) is 17.5. The second-order valence-corrected chi connectivity index (χ2v) is 14.8. The SMILES string of the molecule is CCN1/C(=C/C(=C\c2sc3ccc4ccccc4c3[n+]2CC)c2c([O-])n(-c3ccccc3)n(-c3ccccc3)c2=O)Sc2ccc3ccccc3c21. The van der Waals surface area contributed by atoms with Gasteiger partial charge in [0.2, 0.25) is 5.52 Å². The maximum Gasteiger partial charge on any atom is 0.278 e. The molecule has 0 radical (unpaired) electrons. The molecule has 8 aromatic rings. The molecule has 0 saturated heterocycles. The lowest BCUT2D eigenvalue weighted by molar-refractivity contribution is -0.664. The number of thiazole rings is 1. The molecule has 0 fully saturated rings. The third-order valence-corrected chi connectivity index (χ3v) is 11.9. The van der Waals surface area contributed by atoms with Crippen LogP contribution in [0.4, 0.5) is 5.69 Å². The van der Waals surface area contributed by atoms with Crippen LogP contribution in [0, 0.1) is 0 Å². The Balaban J connectivity index is 1.33. The summed E-state index contributed by atoms with van der Waals surface area (Å²) in [7, 11) is 0. The molecular weight excluding hydrogens is 681 g/mol. The number of hydrogen-bond acceptors (Lipinski definition) is 5. The Morgan fingerprint density at radius 3 is 2.04 bits per heavy atom. The molecule has 0 N–H and O–H groups in total. The summed E-state index contributed by atoms with van der Waals surface area (Å²) in [6.07, 6.45) is 4.10. The Labute approximate surface area is 309 Å². The van der Waals surface area contributed by atoms with Gasteiger partial charge in [0.15, 0.2) is 0 Å². The molecule has 0 bridgehead atoms. The van der Waals surface area contributed by atoms with E-state index in [2.05, 4.69) is 96.1 Å². The lowest BCUT2D eigenvalue weighted by Crippen LogP contribution is -2.33. The number of aryl methyl sites for hydroxylation is 1. The van der Waals surface area contributed by atoms with E-state index in [9.17, 15) is 9.90 Å². The molecule has 0 saturated carbocycles. The molecule has 0 unspecified atom stereocenters. The van der Waals surface area contributed by atoms with Gasteiger partial charge in [0, 0.05) is 28.8 Å². The standard InChI is InChI=1S/C44H34N4O2S2/c1-3-45-38(51-36-25-23-29-15-11-13-21-34(29)41(36)45)27-31(28-39-46(4-2)42-35-22-14-12-16-30(35)24-26-37(42)52-39)40-43(49)47(32-17-7-5-8-18-32)48(44(40)50)33-19-9-6-10-20-33/h5-28H,3-4H2,1-2H3/b38-27-. The minimum absolute atomic E-state index is 0.127. The van der Waals surface area contributed by atoms with Gasteiger partial charge in [-0.25, -0.2) is 4.68 Å². The molecular formula is C44H34N4O2S2. The quantitative estimate of drug-likeness (QED) is 0.154. The number of anilines is 1. The minimum atomic E-state index is -0.369. The minimum Gasteiger partial charge on any atom is -0.858 e. The fraction of sp³-hybridized carbons (Fsp3) is 0.0909. The normalized spacial score (nSPS) is 13.9. The second kappa shape index (κ2) is 13.1. The summed E-state index contributed by atoms with van der Waals surface area (Å²) < 4.78 is 6.46. The average Bonchev–Trinajstić information content (AvgIpc) is 3.82. The summed E-state index contributed by atoms with van der Waals surface area (Å²) in [6.45, 7) is 5.73. The molecule has 1 aliphatic heterocycles. The van der Waals surface area contributed by atoms with E-state index in [1.165, 1.54) is 30.9 Å². The van der Waals surface area contributed by atoms with Gasteiger partial charge in [0.25, 0.3) is 10.6 Å². The Morgan fingerprint density at radius 2 is 1.35 bits per heavy atom. The van der Waals surface area contributed by atoms with Crippen LogP contribution in [0.15, 0.2) is 154 Å². The molecule has 9 rings (SSSR count). The van der Waals surface area contributed by atoms with Crippen molar-refractivity contribution in [3.05, 3.63) is 165 Å². The fourth-order valence-corrected chi connectivity index (χ4v) is 9.77. The van der Waals surface area contributed by atoms with Crippen LogP contribution < -0.4 is 20.1 Å². The highest BCUT2D eigenvalue weighted by Gasteiger charge is 2.29. The number of thioether (sulfide) groups is 1. The third-order valence-electron chi connectivity index (χ3n) is 9.72. The maximum absolute atomic E-state index is 14.9. The summed E-state index contributed by atoms with van der Waals surface area (Å²) >= 11 is 3.35. The van der Waals surface area contributed by atoms with E-state index in [0.717, 1.165) is 43.9 Å². The summed E-state index contributed by atoms with van der Waals surface area (Å²) in [5, 5.41) is 21.5. The Hall–Kier alpha value is -5.83. The lowest BCUT2D eigenvalue weighted by Gasteiger charge is -2.20. The predicted octanol–water partition coefficient (Wildman–Crippen LogP) is 9.54. The van der Waals surface area contributed by atoms with Crippen molar-refractivity contribution in [3.63, 3.8) is 0 Å². The van der Waals surface area contributed by atoms with Crippen molar-refractivity contribution in [3.8, 4) is 17.3 Å². The Bertz CT molecular complexity index is 2780. The Kier molecular flexibility index (Phi) is 8.06. The van der Waals surface area contributed by atoms with E-state index in [4.69, 9.17) is 0 Å². The van der Waals surface area contributed by atoms with Crippen LogP contribution in [0.25, 0.3) is 54.8 Å². The van der Waals surface area contributed by atoms with Crippen molar-refractivity contribution < 1.29 is 9.67 Å². The first-order chi connectivity index (χ1) is 25.6. The summed E-state index contributed by atoms with van der Waals surface area (Å²) in [5.74, 6) is -0.369. The van der Waals surface area contributed by atoms with Crippen LogP contribution in [0.2, 0.25) is 0 Å². The molecule has 254 valence electrons. The van der Waals surface area contributed by atoms with E-state index in [0.29, 0.717) is 16.9 Å². The number of nitrogens with zero attached hydrogens (tertiary/aromatic N) is 4. The molecule has 0 spiro atoms. The largest absolute Gasteiger partial charge is 0.858 e. The first-order valence-corrected chi connectivity index (χ1v) is 19.1. The van der Waals surface area contributed by atoms with E-state index in [1.54, 1.807) is 23.1 Å². The van der Waals surface area contributed by atoms with Crippen molar-refractivity contribution in [2.24, 2.45) is 0 Å². The molecule has 0 amide bonds. The van der Waals surface area contributed by atoms with Crippen molar-refractivity contribution in [1.82, 2.24) is 9.36 Å². The molecule has 6 aromatic carbocycles. The van der Waals surface area contributed by atoms with Crippen LogP contribution >= 0.6 is 23.1 Å². The topological polar surface area (TPSA) is 57.1 Å². The zero-order chi connectivity index (χ0) is 35.3. The molecule has 0 aliphatic carbocycles. The van der Waals surface area contributed by atoms with Crippen LogP contribution in [0.3, 0.4) is 0 Å². The summed E-state index contributed by atoms with van der Waals surface area (Å²) in [5.41, 5.74) is 3.87. The number of para-hydroxylation sites is 2. The number of hydrogen-bond donors (Lipinski definition) is 0. The van der Waals surface area contributed by atoms with Gasteiger partial charge in [-0.05, 0) is 78.7 Å². The van der Waals surface area contributed by atoms with E-state index in [1.807, 2.05) is 72.8 Å². The van der Waals surface area contributed by atoms with Gasteiger partial charge in [0.1, 0.15) is 11.2 Å². The highest BCUT2D eigenvalue weighted by Crippen LogP contribution is 2.50. The Morgan fingerprint density at radius 1 is 0.731 bits per heavy atom. The zero-order valence-electron chi connectivity index (χ0n) is 28.7. The van der Waals surface area contributed by atoms with Gasteiger partial charge in [0.05, 0.1) is 33.0 Å². The van der Waals surface area contributed by atoms with Gasteiger partial charge in [-0.2, -0.15) is 4.57 Å². The highest BCUT2D eigenvalue weighted by atomic mass is 32.2. The zero-order valence-corrected chi connectivity index (χ0v) is 30.3. The molecule has 52 heavy (non-hydrogen) atoms. The van der Waals surface area contributed by atoms with Gasteiger partial charge in [-0.1, -0.05) is 114 Å². The number of aromatic nitrogens is 3. The predicted molar refractivity (Wildman–Crippen MR) is 215 cm³/mol. The average molecular weight is 715 g/mol. The third kappa shape index (κ3) is 5.17. The molecule has 6 nitrogen and oxygen atoms in total. The van der Waals surface area contributed by atoms with Crippen LogP contribution in [0.1, 0.15) is 24.4 Å². The second-order valence-electron chi connectivity index (χ2n) is 12.7. The maximum atomic E-state index is 14.9. The number of benzene rings is 6. The molecule has 3 heterocycles. The molecule has 8 heteroatoms. The number of allylic oxidation sites excluding steroid dienone is 2. The van der Waals surface area contributed by atoms with Crippen LogP contribution in [-0.2, 0) is 6.54 Å². The van der Waals surface area contributed by atoms with Gasteiger partial charge in [-0.15, -0.1) is 0 Å². The summed E-state index contributed by atoms with van der Waals surface area (Å²) in [4.78, 5) is 18.3. The number of rotatable bonds is 7. The number of fused-ring (bicyclic) bond motifs is 6. The van der Waals surface area contributed by atoms with Crippen LogP contribution in [0.5, 0.6) is 5.88 Å². The molecule has 1 aliphatic rings. The fourth-order valence-electron chi connectivity index (χ4n) is 7.38. The van der Waals surface area contributed by atoms with E-state index < -0.39 is 0 Å². The summed E-state index contributed by atoms with van der Waals surface area (Å²) in [6, 6.07) is 44.3. The van der Waals surface area contributed by atoms with Crippen molar-refractivity contribution in [2.75, 3.05) is 11.4 Å². The molecule has 2 aromatic heterocycles. The smallest absolute Gasteiger partial charge is 0.278 e. The van der Waals surface area contributed by atoms with Crippen molar-refractivity contribution >= 4 is 72.2 Å². The monoisotopic (exact) mass is 714 g/mol. The van der Waals surface area contributed by atoms with Gasteiger partial charge >= 0.3 is 0 Å². The lowest BCUT2D eigenvalue weighted by atomic mass is 10.1. The van der Waals surface area contributed by atoms with E-state index in [-0.39, 0.29) is 17.0 Å². The molecule has 0 atom stereocenters. The highest BCUT2D eigenvalue weighted by molar-refractivity contribution is 8.03. The van der Waals surface area contributed by atoms with E-state index >= 15 is 0 Å².